The lowest BCUT2D eigenvalue weighted by Crippen LogP contribution is -2.06. The van der Waals surface area contributed by atoms with Crippen molar-refractivity contribution < 1.29 is 9.47 Å². The van der Waals surface area contributed by atoms with Gasteiger partial charge in [-0.3, -0.25) is 0 Å². The fraction of sp³-hybridized carbons (Fsp3) is 0.385. The zero-order valence-corrected chi connectivity index (χ0v) is 11.1. The molecule has 0 N–H and O–H groups in total. The number of aromatic nitrogens is 2. The first kappa shape index (κ1) is 12.9. The van der Waals surface area contributed by atoms with Crippen LogP contribution in [0.1, 0.15) is 13.8 Å². The fourth-order valence-corrected chi connectivity index (χ4v) is 1.64. The molecule has 18 heavy (non-hydrogen) atoms. The van der Waals surface area contributed by atoms with Gasteiger partial charge in [-0.2, -0.15) is 4.98 Å². The van der Waals surface area contributed by atoms with Crippen LogP contribution in [0.4, 0.5) is 0 Å². The second-order valence-corrected chi connectivity index (χ2v) is 4.42. The summed E-state index contributed by atoms with van der Waals surface area (Å²) < 4.78 is 11.0. The van der Waals surface area contributed by atoms with Crippen molar-refractivity contribution in [1.82, 2.24) is 9.97 Å². The SMILES string of the molecule is CC(C)Oc1cccc2nc(OCCCl)ncc12. The van der Waals surface area contributed by atoms with Crippen molar-refractivity contribution in [2.75, 3.05) is 12.5 Å². The molecule has 5 heteroatoms. The molecule has 0 unspecified atom stereocenters. The summed E-state index contributed by atoms with van der Waals surface area (Å²) >= 11 is 5.55. The minimum Gasteiger partial charge on any atom is -0.490 e. The maximum Gasteiger partial charge on any atom is 0.316 e. The molecule has 1 aromatic carbocycles. The van der Waals surface area contributed by atoms with Crippen molar-refractivity contribution in [3.63, 3.8) is 0 Å². The molecule has 0 amide bonds. The Bertz CT molecular complexity index is 531. The van der Waals surface area contributed by atoms with E-state index in [1.807, 2.05) is 32.0 Å². The molecule has 0 aliphatic carbocycles. The van der Waals surface area contributed by atoms with Gasteiger partial charge >= 0.3 is 6.01 Å². The summed E-state index contributed by atoms with van der Waals surface area (Å²) in [5, 5.41) is 0.879. The first-order valence-corrected chi connectivity index (χ1v) is 6.35. The van der Waals surface area contributed by atoms with Gasteiger partial charge in [-0.25, -0.2) is 4.98 Å². The van der Waals surface area contributed by atoms with E-state index in [1.54, 1.807) is 6.20 Å². The summed E-state index contributed by atoms with van der Waals surface area (Å²) in [5.74, 6) is 1.20. The van der Waals surface area contributed by atoms with Gasteiger partial charge in [0.1, 0.15) is 12.4 Å². The molecule has 4 nitrogen and oxygen atoms in total. The number of fused-ring (bicyclic) bond motifs is 1. The van der Waals surface area contributed by atoms with Crippen molar-refractivity contribution in [3.8, 4) is 11.8 Å². The Morgan fingerprint density at radius 1 is 1.33 bits per heavy atom. The van der Waals surface area contributed by atoms with E-state index in [1.165, 1.54) is 0 Å². The normalized spacial score (nSPS) is 10.9. The first-order chi connectivity index (χ1) is 8.70. The zero-order valence-electron chi connectivity index (χ0n) is 10.4. The van der Waals surface area contributed by atoms with E-state index in [4.69, 9.17) is 21.1 Å². The number of hydrogen-bond donors (Lipinski definition) is 0. The average Bonchev–Trinajstić information content (AvgIpc) is 2.35. The van der Waals surface area contributed by atoms with E-state index in [-0.39, 0.29) is 6.10 Å². The molecule has 96 valence electrons. The van der Waals surface area contributed by atoms with Crippen LogP contribution < -0.4 is 9.47 Å². The lowest BCUT2D eigenvalue weighted by atomic mass is 10.2. The monoisotopic (exact) mass is 266 g/mol. The highest BCUT2D eigenvalue weighted by atomic mass is 35.5. The number of ether oxygens (including phenoxy) is 2. The van der Waals surface area contributed by atoms with E-state index >= 15 is 0 Å². The van der Waals surface area contributed by atoms with Crippen molar-refractivity contribution >= 4 is 22.5 Å². The van der Waals surface area contributed by atoms with Crippen molar-refractivity contribution in [2.45, 2.75) is 20.0 Å². The second-order valence-electron chi connectivity index (χ2n) is 4.05. The van der Waals surface area contributed by atoms with Gasteiger partial charge in [-0.15, -0.1) is 11.6 Å². The summed E-state index contributed by atoms with van der Waals surface area (Å²) in [6.45, 7) is 4.37. The van der Waals surface area contributed by atoms with Gasteiger partial charge in [-0.05, 0) is 26.0 Å². The molecule has 2 aromatic rings. The maximum atomic E-state index is 5.71. The number of benzene rings is 1. The Labute approximate surface area is 111 Å². The Morgan fingerprint density at radius 3 is 2.89 bits per heavy atom. The molecule has 0 saturated heterocycles. The highest BCUT2D eigenvalue weighted by Crippen LogP contribution is 2.25. The lowest BCUT2D eigenvalue weighted by molar-refractivity contribution is 0.245. The Hall–Kier alpha value is -1.55. The third kappa shape index (κ3) is 3.01. The predicted molar refractivity (Wildman–Crippen MR) is 71.5 cm³/mol. The minimum atomic E-state index is 0.114. The van der Waals surface area contributed by atoms with Crippen LogP contribution in [0, 0.1) is 0 Å². The van der Waals surface area contributed by atoms with Crippen LogP contribution >= 0.6 is 11.6 Å². The fourth-order valence-electron chi connectivity index (χ4n) is 1.57. The molecule has 0 bridgehead atoms. The lowest BCUT2D eigenvalue weighted by Gasteiger charge is -2.12. The van der Waals surface area contributed by atoms with Gasteiger partial charge in [0.25, 0.3) is 0 Å². The Kier molecular flexibility index (Phi) is 4.20. The van der Waals surface area contributed by atoms with Crippen LogP contribution in [0.2, 0.25) is 0 Å². The van der Waals surface area contributed by atoms with Gasteiger partial charge < -0.3 is 9.47 Å². The third-order valence-electron chi connectivity index (χ3n) is 2.23. The average molecular weight is 267 g/mol. The zero-order chi connectivity index (χ0) is 13.0. The van der Waals surface area contributed by atoms with Crippen molar-refractivity contribution in [3.05, 3.63) is 24.4 Å². The first-order valence-electron chi connectivity index (χ1n) is 5.82. The van der Waals surface area contributed by atoms with E-state index in [9.17, 15) is 0 Å². The molecule has 2 rings (SSSR count). The number of rotatable bonds is 5. The van der Waals surface area contributed by atoms with E-state index < -0.39 is 0 Å². The summed E-state index contributed by atoms with van der Waals surface area (Å²) in [5.41, 5.74) is 0.799. The molecule has 0 atom stereocenters. The van der Waals surface area contributed by atoms with Gasteiger partial charge in [0.2, 0.25) is 0 Å². The molecule has 0 radical (unpaired) electrons. The summed E-state index contributed by atoms with van der Waals surface area (Å²) in [6.07, 6.45) is 1.83. The summed E-state index contributed by atoms with van der Waals surface area (Å²) in [7, 11) is 0. The molecule has 0 aliphatic heterocycles. The van der Waals surface area contributed by atoms with Gasteiger partial charge in [0, 0.05) is 6.20 Å². The molecule has 0 aliphatic rings. The van der Waals surface area contributed by atoms with Gasteiger partial charge in [0.15, 0.2) is 0 Å². The molecule has 0 saturated carbocycles. The number of hydrogen-bond acceptors (Lipinski definition) is 4. The highest BCUT2D eigenvalue weighted by molar-refractivity contribution is 6.18. The smallest absolute Gasteiger partial charge is 0.316 e. The van der Waals surface area contributed by atoms with E-state index in [0.29, 0.717) is 18.5 Å². The Balaban J connectivity index is 2.34. The molecule has 1 aromatic heterocycles. The molecule has 0 spiro atoms. The predicted octanol–water partition coefficient (Wildman–Crippen LogP) is 3.03. The molecular weight excluding hydrogens is 252 g/mol. The minimum absolute atomic E-state index is 0.114. The quantitative estimate of drug-likeness (QED) is 0.781. The van der Waals surface area contributed by atoms with Crippen LogP contribution in [-0.2, 0) is 0 Å². The molecular formula is C13H15ClN2O2. The van der Waals surface area contributed by atoms with Crippen LogP contribution in [-0.4, -0.2) is 28.6 Å². The number of alkyl halides is 1. The van der Waals surface area contributed by atoms with Gasteiger partial charge in [-0.1, -0.05) is 6.07 Å². The molecule has 0 fully saturated rings. The maximum absolute atomic E-state index is 5.71. The van der Waals surface area contributed by atoms with Crippen LogP contribution in [0.25, 0.3) is 10.9 Å². The summed E-state index contributed by atoms with van der Waals surface area (Å²) in [4.78, 5) is 8.45. The van der Waals surface area contributed by atoms with Crippen molar-refractivity contribution in [1.29, 1.82) is 0 Å². The third-order valence-corrected chi connectivity index (χ3v) is 2.39. The Morgan fingerprint density at radius 2 is 2.17 bits per heavy atom. The number of halogens is 1. The highest BCUT2D eigenvalue weighted by Gasteiger charge is 2.07. The molecule has 1 heterocycles. The van der Waals surface area contributed by atoms with Crippen LogP contribution in [0.3, 0.4) is 0 Å². The van der Waals surface area contributed by atoms with Crippen LogP contribution in [0.15, 0.2) is 24.4 Å². The number of nitrogens with zero attached hydrogens (tertiary/aromatic N) is 2. The van der Waals surface area contributed by atoms with E-state index in [0.717, 1.165) is 16.7 Å². The van der Waals surface area contributed by atoms with E-state index in [2.05, 4.69) is 9.97 Å². The van der Waals surface area contributed by atoms with Crippen molar-refractivity contribution in [2.24, 2.45) is 0 Å². The second kappa shape index (κ2) is 5.87. The standard InChI is InChI=1S/C13H15ClN2O2/c1-9(2)18-12-5-3-4-11-10(12)8-15-13(16-11)17-7-6-14/h3-5,8-9H,6-7H2,1-2H3. The van der Waals surface area contributed by atoms with Crippen LogP contribution in [0.5, 0.6) is 11.8 Å². The van der Waals surface area contributed by atoms with Gasteiger partial charge in [0.05, 0.1) is 22.9 Å². The summed E-state index contributed by atoms with van der Waals surface area (Å²) in [6, 6.07) is 6.05. The largest absolute Gasteiger partial charge is 0.490 e. The topological polar surface area (TPSA) is 44.2 Å².